The molecule has 0 fully saturated rings. The topological polar surface area (TPSA) is 0 Å². The van der Waals surface area contributed by atoms with Crippen molar-refractivity contribution >= 4 is 37.1 Å². The largest absolute Gasteiger partial charge is 0.0647 e. The van der Waals surface area contributed by atoms with Gasteiger partial charge in [0, 0.05) is 0 Å². The third-order valence-electron chi connectivity index (χ3n) is 5.85. The fourth-order valence-corrected chi connectivity index (χ4v) is 10.8. The van der Waals surface area contributed by atoms with Crippen LogP contribution in [0.4, 0.5) is 0 Å². The minimum atomic E-state index is -0.454. The van der Waals surface area contributed by atoms with Crippen molar-refractivity contribution < 1.29 is 0 Å². The molecule has 31 heavy (non-hydrogen) atoms. The first kappa shape index (κ1) is 22.0. The Hall–Kier alpha value is -2.26. The lowest BCUT2D eigenvalue weighted by molar-refractivity contribution is 0.796. The number of rotatable bonds is 8. The molecule has 4 aromatic rings. The summed E-state index contributed by atoms with van der Waals surface area (Å²) in [4.78, 5) is 0. The number of hydrogen-bond donors (Lipinski definition) is 0. The van der Waals surface area contributed by atoms with Crippen LogP contribution in [0, 0.1) is 0 Å². The van der Waals surface area contributed by atoms with Crippen LogP contribution in [0.5, 0.6) is 0 Å². The van der Waals surface area contributed by atoms with Gasteiger partial charge >= 0.3 is 0 Å². The highest BCUT2D eigenvalue weighted by atomic mass is 31.1. The molecule has 0 bridgehead atoms. The van der Waals surface area contributed by atoms with Gasteiger partial charge in [0.2, 0.25) is 0 Å². The van der Waals surface area contributed by atoms with Crippen LogP contribution in [0.25, 0.3) is 0 Å². The Labute approximate surface area is 189 Å². The molecule has 0 amide bonds. The van der Waals surface area contributed by atoms with Crippen molar-refractivity contribution in [2.75, 3.05) is 0 Å². The van der Waals surface area contributed by atoms with Gasteiger partial charge in [-0.15, -0.1) is 0 Å². The van der Waals surface area contributed by atoms with Crippen LogP contribution >= 0.6 is 15.8 Å². The first-order chi connectivity index (χ1) is 15.3. The monoisotopic (exact) mass is 440 g/mol. The molecule has 0 aliphatic heterocycles. The van der Waals surface area contributed by atoms with Gasteiger partial charge in [-0.2, -0.15) is 0 Å². The van der Waals surface area contributed by atoms with E-state index in [0.29, 0.717) is 11.3 Å². The molecular formula is C29H30P2. The first-order valence-electron chi connectivity index (χ1n) is 11.1. The van der Waals surface area contributed by atoms with Gasteiger partial charge < -0.3 is 0 Å². The van der Waals surface area contributed by atoms with E-state index >= 15 is 0 Å². The molecule has 4 aromatic carbocycles. The molecule has 0 saturated heterocycles. The molecular weight excluding hydrogens is 410 g/mol. The van der Waals surface area contributed by atoms with Gasteiger partial charge in [0.15, 0.2) is 0 Å². The van der Waals surface area contributed by atoms with Gasteiger partial charge in [-0.05, 0) is 54.8 Å². The van der Waals surface area contributed by atoms with Gasteiger partial charge in [0.05, 0.1) is 0 Å². The summed E-state index contributed by atoms with van der Waals surface area (Å²) >= 11 is 0. The highest BCUT2D eigenvalue weighted by Crippen LogP contribution is 2.52. The maximum atomic E-state index is 2.50. The molecule has 0 spiro atoms. The van der Waals surface area contributed by atoms with Crippen LogP contribution in [0.3, 0.4) is 0 Å². The average molecular weight is 441 g/mol. The van der Waals surface area contributed by atoms with Crippen molar-refractivity contribution in [1.29, 1.82) is 0 Å². The normalized spacial score (nSPS) is 13.3. The SMILES string of the molecule is CCC(C(C)P(c1ccccc1)c1ccccc1)P(c1ccccc1)c1ccccc1. The highest BCUT2D eigenvalue weighted by molar-refractivity contribution is 7.77. The van der Waals surface area contributed by atoms with Crippen LogP contribution in [0.15, 0.2) is 121 Å². The van der Waals surface area contributed by atoms with Gasteiger partial charge in [-0.25, -0.2) is 0 Å². The molecule has 0 N–H and O–H groups in total. The molecule has 2 unspecified atom stereocenters. The molecule has 156 valence electrons. The van der Waals surface area contributed by atoms with Gasteiger partial charge in [0.1, 0.15) is 0 Å². The lowest BCUT2D eigenvalue weighted by Crippen LogP contribution is -2.33. The zero-order chi connectivity index (χ0) is 21.5. The molecule has 2 heteroatoms. The minimum Gasteiger partial charge on any atom is -0.0647 e. The van der Waals surface area contributed by atoms with E-state index in [2.05, 4.69) is 135 Å². The summed E-state index contributed by atoms with van der Waals surface area (Å²) < 4.78 is 0. The van der Waals surface area contributed by atoms with E-state index in [1.54, 1.807) is 0 Å². The van der Waals surface area contributed by atoms with Crippen LogP contribution < -0.4 is 21.2 Å². The van der Waals surface area contributed by atoms with Crippen LogP contribution in [-0.4, -0.2) is 11.3 Å². The van der Waals surface area contributed by atoms with Crippen molar-refractivity contribution in [3.63, 3.8) is 0 Å². The van der Waals surface area contributed by atoms with E-state index in [0.717, 1.165) is 0 Å². The highest BCUT2D eigenvalue weighted by Gasteiger charge is 2.33. The molecule has 0 aromatic heterocycles. The standard InChI is InChI=1S/C29H30P2/c1-3-29(31(27-20-12-6-13-21-27)28-22-14-7-15-23-28)24(2)30(25-16-8-4-9-17-25)26-18-10-5-11-19-26/h4-24,29H,3H2,1-2H3. The third-order valence-corrected chi connectivity index (χ3v) is 12.2. The van der Waals surface area contributed by atoms with E-state index in [-0.39, 0.29) is 0 Å². The Bertz CT molecular complexity index is 954. The van der Waals surface area contributed by atoms with Crippen LogP contribution in [-0.2, 0) is 0 Å². The van der Waals surface area contributed by atoms with Crippen molar-refractivity contribution in [3.8, 4) is 0 Å². The summed E-state index contributed by atoms with van der Waals surface area (Å²) in [6.45, 7) is 4.88. The summed E-state index contributed by atoms with van der Waals surface area (Å²) in [5.74, 6) is 0. The minimum absolute atomic E-state index is 0.451. The summed E-state index contributed by atoms with van der Waals surface area (Å²) in [5.41, 5.74) is 1.17. The van der Waals surface area contributed by atoms with E-state index in [4.69, 9.17) is 0 Å². The van der Waals surface area contributed by atoms with Crippen LogP contribution in [0.2, 0.25) is 0 Å². The Balaban J connectivity index is 1.80. The lowest BCUT2D eigenvalue weighted by atomic mass is 10.2. The van der Waals surface area contributed by atoms with Gasteiger partial charge in [-0.3, -0.25) is 0 Å². The second kappa shape index (κ2) is 10.9. The average Bonchev–Trinajstić information content (AvgIpc) is 2.85. The zero-order valence-corrected chi connectivity index (χ0v) is 20.1. The van der Waals surface area contributed by atoms with Gasteiger partial charge in [-0.1, -0.05) is 135 Å². The fourth-order valence-electron chi connectivity index (χ4n) is 4.42. The Morgan fingerprint density at radius 2 is 0.774 bits per heavy atom. The summed E-state index contributed by atoms with van der Waals surface area (Å²) in [7, 11) is -0.905. The maximum Gasteiger partial charge on any atom is -0.00604 e. The summed E-state index contributed by atoms with van der Waals surface area (Å²) in [5, 5.41) is 5.92. The second-order valence-electron chi connectivity index (χ2n) is 7.80. The Morgan fingerprint density at radius 1 is 0.484 bits per heavy atom. The van der Waals surface area contributed by atoms with Crippen molar-refractivity contribution in [1.82, 2.24) is 0 Å². The van der Waals surface area contributed by atoms with E-state index in [1.807, 2.05) is 0 Å². The quantitative estimate of drug-likeness (QED) is 0.277. The molecule has 0 aliphatic rings. The molecule has 4 rings (SSSR count). The Kier molecular flexibility index (Phi) is 7.69. The van der Waals surface area contributed by atoms with Crippen molar-refractivity contribution in [2.45, 2.75) is 31.6 Å². The van der Waals surface area contributed by atoms with E-state index in [1.165, 1.54) is 27.6 Å². The second-order valence-corrected chi connectivity index (χ2v) is 12.8. The lowest BCUT2D eigenvalue weighted by Gasteiger charge is -2.37. The maximum absolute atomic E-state index is 2.50. The number of hydrogen-bond acceptors (Lipinski definition) is 0. The third kappa shape index (κ3) is 5.15. The molecule has 0 nitrogen and oxygen atoms in total. The van der Waals surface area contributed by atoms with Crippen molar-refractivity contribution in [3.05, 3.63) is 121 Å². The van der Waals surface area contributed by atoms with Crippen LogP contribution in [0.1, 0.15) is 20.3 Å². The first-order valence-corrected chi connectivity index (χ1v) is 13.9. The zero-order valence-electron chi connectivity index (χ0n) is 18.3. The molecule has 0 saturated carbocycles. The predicted molar refractivity (Wildman–Crippen MR) is 142 cm³/mol. The summed E-state index contributed by atoms with van der Waals surface area (Å²) in [6, 6.07) is 44.7. The van der Waals surface area contributed by atoms with E-state index < -0.39 is 15.8 Å². The molecule has 2 atom stereocenters. The molecule has 0 radical (unpaired) electrons. The van der Waals surface area contributed by atoms with E-state index in [9.17, 15) is 0 Å². The summed E-state index contributed by atoms with van der Waals surface area (Å²) in [6.07, 6.45) is 1.18. The van der Waals surface area contributed by atoms with Crippen molar-refractivity contribution in [2.24, 2.45) is 0 Å². The Morgan fingerprint density at radius 3 is 1.06 bits per heavy atom. The van der Waals surface area contributed by atoms with Gasteiger partial charge in [0.25, 0.3) is 0 Å². The predicted octanol–water partition coefficient (Wildman–Crippen LogP) is 6.42. The number of benzene rings is 4. The fraction of sp³-hybridized carbons (Fsp3) is 0.172. The molecule has 0 aliphatic carbocycles. The molecule has 0 heterocycles. The smallest absolute Gasteiger partial charge is 0.00604 e.